The zero-order valence-electron chi connectivity index (χ0n) is 25.6. The summed E-state index contributed by atoms with van der Waals surface area (Å²) in [5.41, 5.74) is -1.99. The molecular formula is C31H51N3O7. The van der Waals surface area contributed by atoms with Crippen LogP contribution in [0, 0.1) is 5.92 Å². The highest BCUT2D eigenvalue weighted by molar-refractivity contribution is 5.96. The maximum absolute atomic E-state index is 14.2. The summed E-state index contributed by atoms with van der Waals surface area (Å²) in [6.45, 7) is 16.6. The second-order valence-corrected chi connectivity index (χ2v) is 12.1. The maximum atomic E-state index is 14.2. The van der Waals surface area contributed by atoms with Crippen molar-refractivity contribution in [1.82, 2.24) is 15.5 Å². The van der Waals surface area contributed by atoms with E-state index in [0.717, 1.165) is 32.1 Å². The van der Waals surface area contributed by atoms with Crippen molar-refractivity contribution in [1.29, 1.82) is 0 Å². The summed E-state index contributed by atoms with van der Waals surface area (Å²) < 4.78 is 10.7. The Labute approximate surface area is 245 Å². The lowest BCUT2D eigenvalue weighted by molar-refractivity contribution is -0.150. The summed E-state index contributed by atoms with van der Waals surface area (Å²) in [6, 6.07) is -2.56. The number of unbranched alkanes of at least 4 members (excludes halogenated alkanes) is 4. The fourth-order valence-electron chi connectivity index (χ4n) is 5.48. The molecule has 232 valence electrons. The van der Waals surface area contributed by atoms with Gasteiger partial charge in [-0.15, -0.1) is 13.2 Å². The number of aliphatic hydroxyl groups is 1. The van der Waals surface area contributed by atoms with E-state index in [-0.39, 0.29) is 18.9 Å². The number of rotatable bonds is 16. The molecule has 0 radical (unpaired) electrons. The second-order valence-electron chi connectivity index (χ2n) is 12.1. The number of likely N-dealkylation sites (tertiary alicyclic amines) is 1. The van der Waals surface area contributed by atoms with Crippen molar-refractivity contribution >= 4 is 23.9 Å². The van der Waals surface area contributed by atoms with E-state index >= 15 is 0 Å². The van der Waals surface area contributed by atoms with Crippen LogP contribution in [0.15, 0.2) is 25.3 Å². The quantitative estimate of drug-likeness (QED) is 0.142. The molecule has 41 heavy (non-hydrogen) atoms. The van der Waals surface area contributed by atoms with Crippen molar-refractivity contribution < 1.29 is 33.8 Å². The lowest BCUT2D eigenvalue weighted by Gasteiger charge is -2.34. The lowest BCUT2D eigenvalue weighted by Crippen LogP contribution is -2.58. The van der Waals surface area contributed by atoms with Gasteiger partial charge >= 0.3 is 12.1 Å². The van der Waals surface area contributed by atoms with Crippen molar-refractivity contribution in [2.24, 2.45) is 5.92 Å². The molecule has 3 amide bonds. The highest BCUT2D eigenvalue weighted by Gasteiger charge is 2.62. The minimum Gasteiger partial charge on any atom is -0.464 e. The van der Waals surface area contributed by atoms with E-state index < -0.39 is 59.2 Å². The summed E-state index contributed by atoms with van der Waals surface area (Å²) >= 11 is 0. The predicted octanol–water partition coefficient (Wildman–Crippen LogP) is 4.16. The molecule has 0 aromatic heterocycles. The molecular weight excluding hydrogens is 526 g/mol. The van der Waals surface area contributed by atoms with Crippen LogP contribution in [-0.4, -0.2) is 75.9 Å². The SMILES string of the molecule is C=CCCCCC[C@H](NC(=O)OC(C)(C)C)C(=O)N1[C@H](C(=O)N[C@]2(C(=O)OCC)C[C@H]2C=C)C[C@@H](O)[C@@H]1CCCC. The zero-order valence-corrected chi connectivity index (χ0v) is 25.6. The molecule has 10 heteroatoms. The summed E-state index contributed by atoms with van der Waals surface area (Å²) in [5.74, 6) is -1.80. The van der Waals surface area contributed by atoms with Gasteiger partial charge in [-0.05, 0) is 59.8 Å². The van der Waals surface area contributed by atoms with Crippen molar-refractivity contribution in [3.63, 3.8) is 0 Å². The first-order chi connectivity index (χ1) is 19.3. The Morgan fingerprint density at radius 2 is 1.83 bits per heavy atom. The van der Waals surface area contributed by atoms with E-state index in [9.17, 15) is 24.3 Å². The molecule has 0 spiro atoms. The number of ether oxygens (including phenoxy) is 2. The third-order valence-corrected chi connectivity index (χ3v) is 7.69. The van der Waals surface area contributed by atoms with Gasteiger partial charge in [-0.25, -0.2) is 9.59 Å². The Hall–Kier alpha value is -2.88. The van der Waals surface area contributed by atoms with Crippen LogP contribution in [0.25, 0.3) is 0 Å². The average Bonchev–Trinajstić information content (AvgIpc) is 3.51. The zero-order chi connectivity index (χ0) is 30.8. The Bertz CT molecular complexity index is 946. The minimum absolute atomic E-state index is 0.0299. The summed E-state index contributed by atoms with van der Waals surface area (Å²) in [7, 11) is 0. The van der Waals surface area contributed by atoms with E-state index in [1.54, 1.807) is 33.8 Å². The van der Waals surface area contributed by atoms with Gasteiger partial charge in [0, 0.05) is 12.3 Å². The molecule has 1 heterocycles. The Morgan fingerprint density at radius 3 is 2.39 bits per heavy atom. The van der Waals surface area contributed by atoms with E-state index in [1.165, 1.54) is 4.90 Å². The lowest BCUT2D eigenvalue weighted by atomic mass is 10.0. The number of carbonyl (C=O) groups is 4. The largest absolute Gasteiger partial charge is 0.464 e. The summed E-state index contributed by atoms with van der Waals surface area (Å²) in [5, 5.41) is 16.6. The highest BCUT2D eigenvalue weighted by atomic mass is 16.6. The predicted molar refractivity (Wildman–Crippen MR) is 157 cm³/mol. The van der Waals surface area contributed by atoms with Crippen molar-refractivity contribution in [2.75, 3.05) is 6.61 Å². The number of alkyl carbamates (subject to hydrolysis) is 1. The summed E-state index contributed by atoms with van der Waals surface area (Å²) in [6.07, 6.45) is 7.90. The van der Waals surface area contributed by atoms with Crippen molar-refractivity contribution in [3.05, 3.63) is 25.3 Å². The van der Waals surface area contributed by atoms with Gasteiger partial charge in [0.2, 0.25) is 11.8 Å². The molecule has 0 bridgehead atoms. The fourth-order valence-corrected chi connectivity index (χ4v) is 5.48. The molecule has 1 aliphatic heterocycles. The topological polar surface area (TPSA) is 134 Å². The normalized spacial score (nSPS) is 26.0. The molecule has 2 fully saturated rings. The molecule has 1 saturated carbocycles. The van der Waals surface area contributed by atoms with Crippen molar-refractivity contribution in [2.45, 2.75) is 134 Å². The molecule has 0 aromatic rings. The molecule has 3 N–H and O–H groups in total. The minimum atomic E-state index is -1.23. The highest BCUT2D eigenvalue weighted by Crippen LogP contribution is 2.46. The van der Waals surface area contributed by atoms with E-state index in [1.807, 2.05) is 13.0 Å². The van der Waals surface area contributed by atoms with Gasteiger partial charge in [0.25, 0.3) is 0 Å². The third-order valence-electron chi connectivity index (χ3n) is 7.69. The van der Waals surface area contributed by atoms with Crippen LogP contribution in [0.4, 0.5) is 4.79 Å². The van der Waals surface area contributed by atoms with E-state index in [2.05, 4.69) is 23.8 Å². The van der Waals surface area contributed by atoms with Crippen LogP contribution in [0.1, 0.15) is 98.8 Å². The Morgan fingerprint density at radius 1 is 1.12 bits per heavy atom. The molecule has 1 aliphatic carbocycles. The van der Waals surface area contributed by atoms with Gasteiger partial charge in [0.05, 0.1) is 18.8 Å². The van der Waals surface area contributed by atoms with Crippen LogP contribution < -0.4 is 10.6 Å². The van der Waals surface area contributed by atoms with Gasteiger partial charge in [-0.3, -0.25) is 9.59 Å². The third kappa shape index (κ3) is 9.31. The smallest absolute Gasteiger partial charge is 0.408 e. The van der Waals surface area contributed by atoms with Crippen LogP contribution in [-0.2, 0) is 23.9 Å². The first-order valence-electron chi connectivity index (χ1n) is 15.1. The number of hydrogen-bond acceptors (Lipinski definition) is 7. The van der Waals surface area contributed by atoms with Gasteiger partial charge in [-0.2, -0.15) is 0 Å². The number of amides is 3. The van der Waals surface area contributed by atoms with E-state index in [4.69, 9.17) is 9.47 Å². The maximum Gasteiger partial charge on any atom is 0.408 e. The first kappa shape index (κ1) is 34.3. The first-order valence-corrected chi connectivity index (χ1v) is 15.1. The van der Waals surface area contributed by atoms with Gasteiger partial charge in [-0.1, -0.05) is 44.8 Å². The molecule has 2 rings (SSSR count). The molecule has 10 nitrogen and oxygen atoms in total. The number of nitrogens with one attached hydrogen (secondary N) is 2. The summed E-state index contributed by atoms with van der Waals surface area (Å²) in [4.78, 5) is 54.9. The number of nitrogens with zero attached hydrogens (tertiary/aromatic N) is 1. The van der Waals surface area contributed by atoms with Crippen LogP contribution in [0.5, 0.6) is 0 Å². The van der Waals surface area contributed by atoms with Crippen LogP contribution in [0.2, 0.25) is 0 Å². The molecule has 0 unspecified atom stereocenters. The molecule has 0 aromatic carbocycles. The van der Waals surface area contributed by atoms with Crippen LogP contribution >= 0.6 is 0 Å². The Balaban J connectivity index is 2.35. The van der Waals surface area contributed by atoms with Gasteiger partial charge in [0.1, 0.15) is 23.2 Å². The monoisotopic (exact) mass is 577 g/mol. The van der Waals surface area contributed by atoms with E-state index in [0.29, 0.717) is 25.7 Å². The van der Waals surface area contributed by atoms with Gasteiger partial charge < -0.3 is 30.1 Å². The molecule has 1 saturated heterocycles. The Kier molecular flexibility index (Phi) is 12.9. The number of hydrogen-bond donors (Lipinski definition) is 3. The van der Waals surface area contributed by atoms with Crippen LogP contribution in [0.3, 0.4) is 0 Å². The molecule has 2 aliphatic rings. The number of allylic oxidation sites excluding steroid dienone is 1. The fraction of sp³-hybridized carbons (Fsp3) is 0.742. The number of aliphatic hydroxyl groups excluding tert-OH is 1. The second kappa shape index (κ2) is 15.4. The standard InChI is InChI=1S/C31H51N3O7/c1-8-12-14-15-16-17-22(32-29(39)41-30(5,6)7)27(37)34-23(18-13-9-2)25(35)19-24(34)26(36)33-31(20-21(31)10-3)28(38)40-11-4/h8,10,21-25,35H,1,3,9,11-20H2,2,4-7H3,(H,32,39)(H,33,36)/t21-,22+,23+,24+,25-,31-/m1/s1. The average molecular weight is 578 g/mol. The number of carbonyl (C=O) groups excluding carboxylic acids is 4. The number of esters is 1. The van der Waals surface area contributed by atoms with Gasteiger partial charge in [0.15, 0.2) is 0 Å². The van der Waals surface area contributed by atoms with Crippen molar-refractivity contribution in [3.8, 4) is 0 Å². The molecule has 6 atom stereocenters.